The Morgan fingerprint density at radius 1 is 1.41 bits per heavy atom. The largest absolute Gasteiger partial charge is 0.504 e. The molecule has 22 heavy (non-hydrogen) atoms. The van der Waals surface area contributed by atoms with Crippen LogP contribution in [0, 0.1) is 0 Å². The number of carbonyl (C=O) groups excluding carboxylic acids is 1. The zero-order chi connectivity index (χ0) is 15.7. The van der Waals surface area contributed by atoms with Crippen molar-refractivity contribution < 1.29 is 24.2 Å². The molecule has 0 bridgehead atoms. The Hall–Kier alpha value is -2.94. The van der Waals surface area contributed by atoms with Crippen molar-refractivity contribution in [2.75, 3.05) is 6.54 Å². The van der Waals surface area contributed by atoms with Crippen LogP contribution >= 0.6 is 11.3 Å². The molecular formula is C13H9N3O5S. The molecule has 8 nitrogen and oxygen atoms in total. The highest BCUT2D eigenvalue weighted by atomic mass is 32.1. The Balaban J connectivity index is 1.99. The maximum absolute atomic E-state index is 11.8. The quantitative estimate of drug-likeness (QED) is 0.664. The number of pyridine rings is 1. The number of nitrogens with one attached hydrogen (secondary N) is 1. The number of thiazole rings is 1. The molecule has 0 saturated heterocycles. The highest BCUT2D eigenvalue weighted by Gasteiger charge is 2.19. The van der Waals surface area contributed by atoms with E-state index in [1.807, 2.05) is 0 Å². The van der Waals surface area contributed by atoms with Gasteiger partial charge in [-0.25, -0.2) is 9.97 Å². The van der Waals surface area contributed by atoms with Gasteiger partial charge in [-0.05, 0) is 12.1 Å². The van der Waals surface area contributed by atoms with E-state index < -0.39 is 18.4 Å². The van der Waals surface area contributed by atoms with E-state index in [-0.39, 0.29) is 11.4 Å². The molecule has 0 aliphatic heterocycles. The van der Waals surface area contributed by atoms with Gasteiger partial charge in [0.2, 0.25) is 0 Å². The summed E-state index contributed by atoms with van der Waals surface area (Å²) in [5.74, 6) is -1.75. The first-order valence-electron chi connectivity index (χ1n) is 6.08. The van der Waals surface area contributed by atoms with Gasteiger partial charge in [0.05, 0.1) is 12.5 Å². The number of rotatable bonds is 4. The van der Waals surface area contributed by atoms with Crippen molar-refractivity contribution in [3.05, 3.63) is 30.3 Å². The lowest BCUT2D eigenvalue weighted by molar-refractivity contribution is -0.135. The van der Waals surface area contributed by atoms with Crippen LogP contribution in [0.25, 0.3) is 21.0 Å². The fourth-order valence-corrected chi connectivity index (χ4v) is 2.75. The number of aromatic hydroxyl groups is 1. The first kappa shape index (κ1) is 14.0. The monoisotopic (exact) mass is 319 g/mol. The van der Waals surface area contributed by atoms with Crippen LogP contribution in [0.5, 0.6) is 5.75 Å². The molecule has 3 aromatic rings. The lowest BCUT2D eigenvalue weighted by Crippen LogP contribution is -2.29. The van der Waals surface area contributed by atoms with Gasteiger partial charge in [0.15, 0.2) is 22.2 Å². The minimum absolute atomic E-state index is 0.247. The third-order valence-electron chi connectivity index (χ3n) is 2.76. The number of furan rings is 1. The van der Waals surface area contributed by atoms with Gasteiger partial charge in [-0.2, -0.15) is 0 Å². The van der Waals surface area contributed by atoms with Crippen molar-refractivity contribution in [1.82, 2.24) is 15.3 Å². The molecule has 1 amide bonds. The molecule has 0 aromatic carbocycles. The normalized spacial score (nSPS) is 10.7. The van der Waals surface area contributed by atoms with Crippen LogP contribution in [0.2, 0.25) is 0 Å². The van der Waals surface area contributed by atoms with Crippen LogP contribution < -0.4 is 5.32 Å². The van der Waals surface area contributed by atoms with Crippen molar-refractivity contribution in [3.8, 4) is 16.5 Å². The first-order valence-corrected chi connectivity index (χ1v) is 6.90. The van der Waals surface area contributed by atoms with Crippen molar-refractivity contribution in [1.29, 1.82) is 0 Å². The molecule has 3 heterocycles. The van der Waals surface area contributed by atoms with Crippen LogP contribution in [-0.2, 0) is 4.79 Å². The minimum atomic E-state index is -1.19. The van der Waals surface area contributed by atoms with Gasteiger partial charge in [-0.1, -0.05) is 0 Å². The molecule has 112 valence electrons. The van der Waals surface area contributed by atoms with E-state index in [0.29, 0.717) is 21.0 Å². The Kier molecular flexibility index (Phi) is 3.47. The number of carbonyl (C=O) groups is 2. The van der Waals surface area contributed by atoms with Crippen molar-refractivity contribution in [2.45, 2.75) is 0 Å². The van der Waals surface area contributed by atoms with E-state index >= 15 is 0 Å². The molecule has 0 aliphatic rings. The minimum Gasteiger partial charge on any atom is -0.504 e. The number of aromatic nitrogens is 2. The van der Waals surface area contributed by atoms with Gasteiger partial charge < -0.3 is 19.9 Å². The van der Waals surface area contributed by atoms with Crippen LogP contribution in [-0.4, -0.2) is 38.6 Å². The maximum Gasteiger partial charge on any atom is 0.322 e. The van der Waals surface area contributed by atoms with Crippen LogP contribution in [0.1, 0.15) is 10.5 Å². The molecule has 3 N–H and O–H groups in total. The molecule has 0 saturated carbocycles. The summed E-state index contributed by atoms with van der Waals surface area (Å²) in [5.41, 5.74) is 0.173. The molecule has 0 aliphatic carbocycles. The molecule has 0 spiro atoms. The van der Waals surface area contributed by atoms with Crippen LogP contribution in [0.3, 0.4) is 0 Å². The third-order valence-corrected chi connectivity index (χ3v) is 3.85. The third kappa shape index (κ3) is 2.49. The summed E-state index contributed by atoms with van der Waals surface area (Å²) >= 11 is 1.15. The Morgan fingerprint density at radius 2 is 2.23 bits per heavy atom. The van der Waals surface area contributed by atoms with Gasteiger partial charge >= 0.3 is 5.97 Å². The predicted octanol–water partition coefficient (Wildman–Crippen LogP) is 1.47. The SMILES string of the molecule is O=C(O)CNC(=O)c1ncc2nc(-c3ccco3)sc2c1O. The molecule has 0 atom stereocenters. The highest BCUT2D eigenvalue weighted by molar-refractivity contribution is 7.22. The van der Waals surface area contributed by atoms with Crippen LogP contribution in [0.15, 0.2) is 29.0 Å². The number of hydrogen-bond acceptors (Lipinski definition) is 7. The van der Waals surface area contributed by atoms with Gasteiger partial charge in [0, 0.05) is 0 Å². The summed E-state index contributed by atoms with van der Waals surface area (Å²) in [6, 6.07) is 3.44. The predicted molar refractivity (Wildman–Crippen MR) is 76.8 cm³/mol. The zero-order valence-electron chi connectivity index (χ0n) is 10.9. The van der Waals surface area contributed by atoms with E-state index in [4.69, 9.17) is 9.52 Å². The summed E-state index contributed by atoms with van der Waals surface area (Å²) in [4.78, 5) is 30.4. The number of carboxylic acids is 1. The average molecular weight is 319 g/mol. The van der Waals surface area contributed by atoms with Crippen molar-refractivity contribution in [3.63, 3.8) is 0 Å². The second kappa shape index (κ2) is 5.45. The summed E-state index contributed by atoms with van der Waals surface area (Å²) in [6.07, 6.45) is 2.85. The Labute approximate surface area is 127 Å². The lowest BCUT2D eigenvalue weighted by atomic mass is 10.3. The topological polar surface area (TPSA) is 126 Å². The highest BCUT2D eigenvalue weighted by Crippen LogP contribution is 2.36. The van der Waals surface area contributed by atoms with Gasteiger partial charge in [-0.3, -0.25) is 9.59 Å². The lowest BCUT2D eigenvalue weighted by Gasteiger charge is -2.03. The molecule has 0 fully saturated rings. The average Bonchev–Trinajstić information content (AvgIpc) is 3.13. The molecule has 0 unspecified atom stereocenters. The van der Waals surface area contributed by atoms with E-state index in [9.17, 15) is 14.7 Å². The fourth-order valence-electron chi connectivity index (χ4n) is 1.79. The molecular weight excluding hydrogens is 310 g/mol. The van der Waals surface area contributed by atoms with Gasteiger partial charge in [0.25, 0.3) is 5.91 Å². The molecule has 3 rings (SSSR count). The van der Waals surface area contributed by atoms with Crippen molar-refractivity contribution >= 4 is 33.4 Å². The number of hydrogen-bond donors (Lipinski definition) is 3. The number of nitrogens with zero attached hydrogens (tertiary/aromatic N) is 2. The zero-order valence-corrected chi connectivity index (χ0v) is 11.8. The summed E-state index contributed by atoms with van der Waals surface area (Å²) in [7, 11) is 0. The second-order valence-electron chi connectivity index (χ2n) is 4.24. The molecule has 3 aromatic heterocycles. The van der Waals surface area contributed by atoms with E-state index in [0.717, 1.165) is 11.3 Å². The van der Waals surface area contributed by atoms with Gasteiger partial charge in [-0.15, -0.1) is 11.3 Å². The standard InChI is InChI=1S/C13H9N3O5S/c17-8(18)5-15-12(20)9-10(19)11-6(4-14-9)16-13(22-11)7-2-1-3-21-7/h1-4,19H,5H2,(H,15,20)(H,17,18). The second-order valence-corrected chi connectivity index (χ2v) is 5.24. The number of aliphatic carboxylic acids is 1. The van der Waals surface area contributed by atoms with Crippen molar-refractivity contribution in [2.24, 2.45) is 0 Å². The van der Waals surface area contributed by atoms with E-state index in [2.05, 4.69) is 15.3 Å². The summed E-state index contributed by atoms with van der Waals surface area (Å²) < 4.78 is 5.61. The number of fused-ring (bicyclic) bond motifs is 1. The Bertz CT molecular complexity index is 856. The Morgan fingerprint density at radius 3 is 2.91 bits per heavy atom. The smallest absolute Gasteiger partial charge is 0.322 e. The van der Waals surface area contributed by atoms with E-state index in [1.54, 1.807) is 12.1 Å². The summed E-state index contributed by atoms with van der Waals surface area (Å²) in [6.45, 7) is -0.557. The first-order chi connectivity index (χ1) is 10.6. The fraction of sp³-hybridized carbons (Fsp3) is 0.0769. The van der Waals surface area contributed by atoms with E-state index in [1.165, 1.54) is 12.5 Å². The van der Waals surface area contributed by atoms with Gasteiger partial charge in [0.1, 0.15) is 16.8 Å². The number of carboxylic acid groups (broad SMARTS) is 1. The maximum atomic E-state index is 11.8. The summed E-state index contributed by atoms with van der Waals surface area (Å²) in [5, 5.41) is 21.4. The van der Waals surface area contributed by atoms with Crippen LogP contribution in [0.4, 0.5) is 0 Å². The molecule has 0 radical (unpaired) electrons. The number of amides is 1. The molecule has 9 heteroatoms.